The number of nitrogens with zero attached hydrogens (tertiary/aromatic N) is 1. The van der Waals surface area contributed by atoms with E-state index in [-0.39, 0.29) is 5.72 Å². The van der Waals surface area contributed by atoms with E-state index in [1.807, 2.05) is 6.08 Å². The van der Waals surface area contributed by atoms with Crippen molar-refractivity contribution in [3.05, 3.63) is 48.6 Å². The molecule has 2 atom stereocenters. The van der Waals surface area contributed by atoms with E-state index in [9.17, 15) is 0 Å². The van der Waals surface area contributed by atoms with Crippen molar-refractivity contribution in [3.8, 4) is 0 Å². The van der Waals surface area contributed by atoms with Crippen molar-refractivity contribution in [1.82, 2.24) is 5.06 Å². The second kappa shape index (κ2) is 6.76. The molecule has 2 fully saturated rings. The number of benzene rings is 1. The molecule has 2 heteroatoms. The summed E-state index contributed by atoms with van der Waals surface area (Å²) in [6.07, 6.45) is 13.3. The van der Waals surface area contributed by atoms with E-state index in [1.165, 1.54) is 50.5 Å². The van der Waals surface area contributed by atoms with Gasteiger partial charge in [-0.3, -0.25) is 4.84 Å². The lowest BCUT2D eigenvalue weighted by molar-refractivity contribution is 0.119. The second-order valence-corrected chi connectivity index (χ2v) is 6.39. The highest BCUT2D eigenvalue weighted by atomic mass is 16.9. The third-order valence-electron chi connectivity index (χ3n) is 4.88. The molecule has 1 aliphatic carbocycles. The number of hydroxylamine groups is 2. The summed E-state index contributed by atoms with van der Waals surface area (Å²) in [6.45, 7) is 3.82. The topological polar surface area (TPSA) is 15.5 Å². The zero-order valence-corrected chi connectivity index (χ0v) is 13.0. The maximum absolute atomic E-state index is 6.22. The van der Waals surface area contributed by atoms with Crippen LogP contribution in [0.1, 0.15) is 63.4 Å². The van der Waals surface area contributed by atoms with Crippen molar-refractivity contribution >= 4 is 0 Å². The van der Waals surface area contributed by atoms with Gasteiger partial charge in [-0.05, 0) is 38.5 Å². The summed E-state index contributed by atoms with van der Waals surface area (Å²) in [5.41, 5.74) is 1.19. The van der Waals surface area contributed by atoms with E-state index in [0.29, 0.717) is 6.04 Å². The molecule has 0 amide bonds. The van der Waals surface area contributed by atoms with Crippen LogP contribution < -0.4 is 0 Å². The molecule has 0 N–H and O–H groups in total. The van der Waals surface area contributed by atoms with Gasteiger partial charge < -0.3 is 0 Å². The molecule has 2 aliphatic rings. The summed E-state index contributed by atoms with van der Waals surface area (Å²) in [4.78, 5) is 6.22. The van der Waals surface area contributed by atoms with Crippen LogP contribution in [0.4, 0.5) is 0 Å². The SMILES string of the molecule is C=CCCCC[C@@]1(c2ccccc2)ON1C1CCCCC1. The van der Waals surface area contributed by atoms with E-state index in [2.05, 4.69) is 42.0 Å². The van der Waals surface area contributed by atoms with E-state index < -0.39 is 0 Å². The van der Waals surface area contributed by atoms with Crippen molar-refractivity contribution < 1.29 is 4.84 Å². The quantitative estimate of drug-likeness (QED) is 0.390. The van der Waals surface area contributed by atoms with Crippen molar-refractivity contribution in [1.29, 1.82) is 0 Å². The largest absolute Gasteiger partial charge is 0.266 e. The fourth-order valence-corrected chi connectivity index (χ4v) is 3.66. The Bertz CT molecular complexity index is 452. The molecule has 1 heterocycles. The fourth-order valence-electron chi connectivity index (χ4n) is 3.66. The highest BCUT2D eigenvalue weighted by Crippen LogP contribution is 2.52. The zero-order chi connectivity index (χ0) is 14.5. The zero-order valence-electron chi connectivity index (χ0n) is 13.0. The first-order chi connectivity index (χ1) is 10.4. The van der Waals surface area contributed by atoms with E-state index >= 15 is 0 Å². The average molecular weight is 285 g/mol. The first-order valence-corrected chi connectivity index (χ1v) is 8.52. The van der Waals surface area contributed by atoms with Crippen LogP contribution in [-0.2, 0) is 10.6 Å². The smallest absolute Gasteiger partial charge is 0.190 e. The van der Waals surface area contributed by atoms with Gasteiger partial charge in [-0.1, -0.05) is 55.7 Å². The van der Waals surface area contributed by atoms with Crippen LogP contribution in [0.2, 0.25) is 0 Å². The molecule has 1 aromatic rings. The fraction of sp³-hybridized carbons (Fsp3) is 0.579. The van der Waals surface area contributed by atoms with Gasteiger partial charge in [-0.2, -0.15) is 0 Å². The Morgan fingerprint density at radius 3 is 2.62 bits per heavy atom. The molecule has 0 radical (unpaired) electrons. The molecule has 114 valence electrons. The van der Waals surface area contributed by atoms with E-state index in [1.54, 1.807) is 0 Å². The Hall–Kier alpha value is -1.12. The van der Waals surface area contributed by atoms with Crippen LogP contribution in [0.3, 0.4) is 0 Å². The van der Waals surface area contributed by atoms with Gasteiger partial charge in [-0.15, -0.1) is 11.6 Å². The first-order valence-electron chi connectivity index (χ1n) is 8.52. The average Bonchev–Trinajstić information content (AvgIpc) is 3.29. The molecule has 2 nitrogen and oxygen atoms in total. The molecular formula is C19H27NO. The Morgan fingerprint density at radius 1 is 1.14 bits per heavy atom. The molecule has 21 heavy (non-hydrogen) atoms. The summed E-state index contributed by atoms with van der Waals surface area (Å²) in [5.74, 6) is 0. The van der Waals surface area contributed by atoms with Crippen molar-refractivity contribution in [3.63, 3.8) is 0 Å². The molecular weight excluding hydrogens is 258 g/mol. The number of allylic oxidation sites excluding steroid dienone is 1. The predicted octanol–water partition coefficient (Wildman–Crippen LogP) is 5.17. The van der Waals surface area contributed by atoms with Gasteiger partial charge in [0.15, 0.2) is 5.72 Å². The van der Waals surface area contributed by atoms with Gasteiger partial charge >= 0.3 is 0 Å². The molecule has 0 aromatic heterocycles. The molecule has 1 unspecified atom stereocenters. The second-order valence-electron chi connectivity index (χ2n) is 6.39. The Morgan fingerprint density at radius 2 is 1.90 bits per heavy atom. The lowest BCUT2D eigenvalue weighted by Gasteiger charge is -2.23. The predicted molar refractivity (Wildman–Crippen MR) is 86.6 cm³/mol. The summed E-state index contributed by atoms with van der Waals surface area (Å²) < 4.78 is 0. The van der Waals surface area contributed by atoms with Gasteiger partial charge in [0.25, 0.3) is 0 Å². The van der Waals surface area contributed by atoms with E-state index in [0.717, 1.165) is 12.8 Å². The van der Waals surface area contributed by atoms with Crippen LogP contribution in [0.25, 0.3) is 0 Å². The molecule has 1 aliphatic heterocycles. The van der Waals surface area contributed by atoms with Crippen molar-refractivity contribution in [2.24, 2.45) is 0 Å². The first kappa shape index (κ1) is 14.8. The standard InChI is InChI=1S/C19H27NO/c1-2-3-4-11-16-19(17-12-7-5-8-13-17)20(21-19)18-14-9-6-10-15-18/h2,5,7-8,12-13,18H,1,3-4,6,9-11,14-16H2/t19-,20?/m0/s1. The van der Waals surface area contributed by atoms with Crippen LogP contribution >= 0.6 is 0 Å². The van der Waals surface area contributed by atoms with E-state index in [4.69, 9.17) is 4.84 Å². The van der Waals surface area contributed by atoms with Gasteiger partial charge in [0.1, 0.15) is 0 Å². The minimum atomic E-state index is -0.134. The lowest BCUT2D eigenvalue weighted by Crippen LogP contribution is -2.28. The van der Waals surface area contributed by atoms with Crippen molar-refractivity contribution in [2.45, 2.75) is 69.6 Å². The highest BCUT2D eigenvalue weighted by molar-refractivity contribution is 5.25. The van der Waals surface area contributed by atoms with Gasteiger partial charge in [0.2, 0.25) is 0 Å². The number of hydrogen-bond donors (Lipinski definition) is 0. The van der Waals surface area contributed by atoms with Gasteiger partial charge in [0, 0.05) is 11.6 Å². The number of unbranched alkanes of at least 4 members (excludes halogenated alkanes) is 2. The van der Waals surface area contributed by atoms with Crippen molar-refractivity contribution in [2.75, 3.05) is 0 Å². The van der Waals surface area contributed by atoms with Crippen LogP contribution in [0.15, 0.2) is 43.0 Å². The molecule has 0 spiro atoms. The Labute approximate surface area is 128 Å². The van der Waals surface area contributed by atoms with Gasteiger partial charge in [0.05, 0.1) is 0 Å². The van der Waals surface area contributed by atoms with Crippen LogP contribution in [0, 0.1) is 0 Å². The Kier molecular flexibility index (Phi) is 4.77. The molecule has 1 saturated heterocycles. The summed E-state index contributed by atoms with van der Waals surface area (Å²) in [7, 11) is 0. The lowest BCUT2D eigenvalue weighted by atomic mass is 9.92. The minimum Gasteiger partial charge on any atom is -0.266 e. The number of hydrogen-bond acceptors (Lipinski definition) is 2. The summed E-state index contributed by atoms with van der Waals surface area (Å²) in [5, 5.41) is 2.31. The summed E-state index contributed by atoms with van der Waals surface area (Å²) in [6, 6.07) is 11.4. The third kappa shape index (κ3) is 3.22. The normalized spacial score (nSPS) is 29.2. The monoisotopic (exact) mass is 285 g/mol. The number of rotatable bonds is 7. The summed E-state index contributed by atoms with van der Waals surface area (Å²) >= 11 is 0. The van der Waals surface area contributed by atoms with Crippen LogP contribution in [-0.4, -0.2) is 11.1 Å². The molecule has 1 aromatic carbocycles. The highest BCUT2D eigenvalue weighted by Gasteiger charge is 2.58. The molecule has 3 rings (SSSR count). The maximum atomic E-state index is 6.22. The molecule has 1 saturated carbocycles. The Balaban J connectivity index is 1.69. The van der Waals surface area contributed by atoms with Crippen LogP contribution in [0.5, 0.6) is 0 Å². The maximum Gasteiger partial charge on any atom is 0.190 e. The minimum absolute atomic E-state index is 0.134. The molecule has 0 bridgehead atoms. The van der Waals surface area contributed by atoms with Gasteiger partial charge in [-0.25, -0.2) is 0 Å². The third-order valence-corrected chi connectivity index (χ3v) is 4.88.